The van der Waals surface area contributed by atoms with Crippen molar-refractivity contribution in [3.63, 3.8) is 0 Å². The second kappa shape index (κ2) is 13.8. The van der Waals surface area contributed by atoms with Crippen molar-refractivity contribution in [3.8, 4) is 22.3 Å². The van der Waals surface area contributed by atoms with Crippen LogP contribution >= 0.6 is 0 Å². The van der Waals surface area contributed by atoms with Crippen LogP contribution in [-0.4, -0.2) is 0 Å². The first kappa shape index (κ1) is 31.1. The van der Waals surface area contributed by atoms with Gasteiger partial charge in [-0.05, 0) is 70.8 Å². The topological polar surface area (TPSA) is 6.48 Å². The molecule has 0 saturated carbocycles. The van der Waals surface area contributed by atoms with Crippen molar-refractivity contribution in [1.29, 1.82) is 0 Å². The van der Waals surface area contributed by atoms with E-state index >= 15 is 0 Å². The highest BCUT2D eigenvalue weighted by Crippen LogP contribution is 2.51. The molecule has 0 aromatic heterocycles. The molecule has 9 rings (SSSR count). The van der Waals surface area contributed by atoms with Gasteiger partial charge in [-0.1, -0.05) is 170 Å². The van der Waals surface area contributed by atoms with E-state index in [-0.39, 0.29) is 0 Å². The lowest BCUT2D eigenvalue weighted by atomic mass is 9.94. The van der Waals surface area contributed by atoms with E-state index < -0.39 is 0 Å². The number of benzene rings is 9. The molecule has 0 amide bonds. The zero-order valence-corrected chi connectivity index (χ0v) is 28.7. The lowest BCUT2D eigenvalue weighted by molar-refractivity contribution is 1.29. The smallest absolute Gasteiger partial charge is 0.0619 e. The summed E-state index contributed by atoms with van der Waals surface area (Å²) < 4.78 is 0. The summed E-state index contributed by atoms with van der Waals surface area (Å²) >= 11 is 0. The van der Waals surface area contributed by atoms with Crippen LogP contribution in [-0.2, 0) is 0 Å². The molecule has 0 N–H and O–H groups in total. The summed E-state index contributed by atoms with van der Waals surface area (Å²) in [5.74, 6) is 0. The quantitative estimate of drug-likeness (QED) is 0.118. The fraction of sp³-hybridized carbons (Fsp3) is 0. The van der Waals surface area contributed by atoms with Crippen LogP contribution in [0.1, 0.15) is 0 Å². The average Bonchev–Trinajstić information content (AvgIpc) is 3.23. The van der Waals surface area contributed by atoms with Crippen molar-refractivity contribution < 1.29 is 0 Å². The molecule has 2 heteroatoms. The predicted octanol–water partition coefficient (Wildman–Crippen LogP) is 14.3. The Labute approximate surface area is 305 Å². The van der Waals surface area contributed by atoms with Gasteiger partial charge in [-0.15, -0.1) is 0 Å². The van der Waals surface area contributed by atoms with E-state index in [1.807, 2.05) is 0 Å². The van der Waals surface area contributed by atoms with Crippen LogP contribution in [0.25, 0.3) is 43.8 Å². The number of hydrogen-bond acceptors (Lipinski definition) is 2. The van der Waals surface area contributed by atoms with Gasteiger partial charge in [-0.3, -0.25) is 0 Å². The molecule has 0 bridgehead atoms. The van der Waals surface area contributed by atoms with Gasteiger partial charge in [0.1, 0.15) is 0 Å². The summed E-state index contributed by atoms with van der Waals surface area (Å²) in [5, 5.41) is 4.69. The fourth-order valence-corrected chi connectivity index (χ4v) is 7.44. The number of hydrogen-bond donors (Lipinski definition) is 0. The standard InChI is InChI=1S/C50H36N2/c1-5-19-37(20-6-1)39-23-17-29-43(35-39)52(44-30-18-24-40(36-44)38-21-7-2-8-22-38)50-47-33-15-13-31-45(47)49(46-32-14-16-34-48(46)50)51(41-25-9-3-10-26-41)42-27-11-4-12-28-42/h1-36H. The predicted molar refractivity (Wildman–Crippen MR) is 222 cm³/mol. The van der Waals surface area contributed by atoms with E-state index in [1.165, 1.54) is 43.8 Å². The highest BCUT2D eigenvalue weighted by atomic mass is 15.2. The molecule has 0 radical (unpaired) electrons. The maximum atomic E-state index is 2.46. The Kier molecular flexibility index (Phi) is 8.24. The first-order valence-electron chi connectivity index (χ1n) is 17.8. The number of nitrogens with zero attached hydrogens (tertiary/aromatic N) is 2. The van der Waals surface area contributed by atoms with E-state index in [9.17, 15) is 0 Å². The Balaban J connectivity index is 1.37. The zero-order chi connectivity index (χ0) is 34.7. The summed E-state index contributed by atoms with van der Waals surface area (Å²) in [7, 11) is 0. The molecule has 0 aliphatic carbocycles. The minimum Gasteiger partial charge on any atom is -0.309 e. The summed E-state index contributed by atoms with van der Waals surface area (Å²) in [5.41, 5.74) is 11.4. The molecular formula is C50H36N2. The molecule has 2 nitrogen and oxygen atoms in total. The highest BCUT2D eigenvalue weighted by Gasteiger charge is 2.25. The van der Waals surface area contributed by atoms with Crippen LogP contribution in [0.2, 0.25) is 0 Å². The van der Waals surface area contributed by atoms with Gasteiger partial charge >= 0.3 is 0 Å². The van der Waals surface area contributed by atoms with Crippen LogP contribution in [0.15, 0.2) is 218 Å². The fourth-order valence-electron chi connectivity index (χ4n) is 7.44. The maximum Gasteiger partial charge on any atom is 0.0619 e. The molecule has 0 unspecified atom stereocenters. The third kappa shape index (κ3) is 5.77. The molecule has 0 fully saturated rings. The van der Waals surface area contributed by atoms with Crippen molar-refractivity contribution in [2.75, 3.05) is 9.80 Å². The van der Waals surface area contributed by atoms with Crippen LogP contribution in [0.4, 0.5) is 34.1 Å². The molecule has 0 saturated heterocycles. The molecule has 246 valence electrons. The Morgan fingerprint density at radius 2 is 0.481 bits per heavy atom. The van der Waals surface area contributed by atoms with Crippen molar-refractivity contribution in [2.45, 2.75) is 0 Å². The summed E-state index contributed by atoms with van der Waals surface area (Å²) in [6.07, 6.45) is 0. The van der Waals surface area contributed by atoms with Crippen molar-refractivity contribution in [2.24, 2.45) is 0 Å². The summed E-state index contributed by atoms with van der Waals surface area (Å²) in [4.78, 5) is 4.87. The van der Waals surface area contributed by atoms with Gasteiger partial charge in [-0.2, -0.15) is 0 Å². The Morgan fingerprint density at radius 3 is 0.846 bits per heavy atom. The Morgan fingerprint density at radius 1 is 0.212 bits per heavy atom. The molecule has 0 aliphatic rings. The Hall–Kier alpha value is -6.90. The van der Waals surface area contributed by atoms with Crippen molar-refractivity contribution in [3.05, 3.63) is 218 Å². The molecule has 52 heavy (non-hydrogen) atoms. The number of rotatable bonds is 8. The molecular weight excluding hydrogens is 629 g/mol. The molecule has 0 aliphatic heterocycles. The van der Waals surface area contributed by atoms with Crippen molar-refractivity contribution >= 4 is 55.7 Å². The SMILES string of the molecule is c1ccc(-c2cccc(N(c3cccc(-c4ccccc4)c3)c3c4ccccc4c(N(c4ccccc4)c4ccccc4)c4ccccc34)c2)cc1. The zero-order valence-electron chi connectivity index (χ0n) is 28.7. The van der Waals surface area contributed by atoms with Crippen LogP contribution in [0, 0.1) is 0 Å². The first-order chi connectivity index (χ1) is 25.8. The maximum absolute atomic E-state index is 2.46. The van der Waals surface area contributed by atoms with Gasteiger partial charge in [0.15, 0.2) is 0 Å². The third-order valence-electron chi connectivity index (χ3n) is 9.77. The number of anilines is 6. The van der Waals surface area contributed by atoms with Crippen LogP contribution in [0.5, 0.6) is 0 Å². The van der Waals surface area contributed by atoms with E-state index in [0.29, 0.717) is 0 Å². The summed E-state index contributed by atoms with van der Waals surface area (Å²) in [6, 6.07) is 78.3. The minimum atomic E-state index is 1.09. The Bertz CT molecular complexity index is 2440. The van der Waals surface area contributed by atoms with E-state index in [4.69, 9.17) is 0 Å². The number of fused-ring (bicyclic) bond motifs is 2. The van der Waals surface area contributed by atoms with E-state index in [2.05, 4.69) is 228 Å². The normalized spacial score (nSPS) is 11.1. The largest absolute Gasteiger partial charge is 0.309 e. The van der Waals surface area contributed by atoms with Gasteiger partial charge in [0.2, 0.25) is 0 Å². The minimum absolute atomic E-state index is 1.09. The highest BCUT2D eigenvalue weighted by molar-refractivity contribution is 6.23. The van der Waals surface area contributed by atoms with E-state index in [0.717, 1.165) is 34.1 Å². The average molecular weight is 665 g/mol. The molecule has 0 spiro atoms. The lowest BCUT2D eigenvalue weighted by Gasteiger charge is -2.33. The third-order valence-corrected chi connectivity index (χ3v) is 9.77. The van der Waals surface area contributed by atoms with E-state index in [1.54, 1.807) is 0 Å². The molecule has 9 aromatic rings. The number of para-hydroxylation sites is 2. The monoisotopic (exact) mass is 664 g/mol. The lowest BCUT2D eigenvalue weighted by Crippen LogP contribution is -2.14. The van der Waals surface area contributed by atoms with Crippen LogP contribution < -0.4 is 9.80 Å². The van der Waals surface area contributed by atoms with Crippen LogP contribution in [0.3, 0.4) is 0 Å². The summed E-state index contributed by atoms with van der Waals surface area (Å²) in [6.45, 7) is 0. The van der Waals surface area contributed by atoms with Gasteiger partial charge in [0.25, 0.3) is 0 Å². The van der Waals surface area contributed by atoms with Gasteiger partial charge < -0.3 is 9.80 Å². The second-order valence-corrected chi connectivity index (χ2v) is 13.0. The molecule has 0 atom stereocenters. The van der Waals surface area contributed by atoms with Crippen molar-refractivity contribution in [1.82, 2.24) is 0 Å². The second-order valence-electron chi connectivity index (χ2n) is 13.0. The van der Waals surface area contributed by atoms with Gasteiger partial charge in [-0.25, -0.2) is 0 Å². The molecule has 9 aromatic carbocycles. The first-order valence-corrected chi connectivity index (χ1v) is 17.8. The van der Waals surface area contributed by atoms with Gasteiger partial charge in [0, 0.05) is 44.3 Å². The molecule has 0 heterocycles. The van der Waals surface area contributed by atoms with Gasteiger partial charge in [0.05, 0.1) is 11.4 Å².